The Labute approximate surface area is 106 Å². The SMILES string of the molecule is COc1cc(NCC2CCOCC2)c(F)cc1N. The second-order valence-corrected chi connectivity index (χ2v) is 4.51. The molecule has 0 atom stereocenters. The van der Waals surface area contributed by atoms with Crippen molar-refractivity contribution in [2.75, 3.05) is 37.9 Å². The van der Waals surface area contributed by atoms with E-state index in [4.69, 9.17) is 15.2 Å². The molecule has 0 radical (unpaired) electrons. The molecule has 1 heterocycles. The lowest BCUT2D eigenvalue weighted by Crippen LogP contribution is -2.23. The highest BCUT2D eigenvalue weighted by Crippen LogP contribution is 2.28. The molecule has 1 aliphatic heterocycles. The number of nitrogen functional groups attached to an aromatic ring is 1. The lowest BCUT2D eigenvalue weighted by atomic mass is 10.0. The average Bonchev–Trinajstić information content (AvgIpc) is 2.39. The summed E-state index contributed by atoms with van der Waals surface area (Å²) < 4.78 is 24.1. The Morgan fingerprint density at radius 1 is 1.44 bits per heavy atom. The maximum absolute atomic E-state index is 13.7. The molecule has 1 fully saturated rings. The third-order valence-electron chi connectivity index (χ3n) is 3.24. The number of methoxy groups -OCH3 is 1. The molecule has 3 N–H and O–H groups in total. The van der Waals surface area contributed by atoms with E-state index in [0.29, 0.717) is 23.0 Å². The molecule has 0 bridgehead atoms. The van der Waals surface area contributed by atoms with Crippen LogP contribution in [0, 0.1) is 11.7 Å². The predicted octanol–water partition coefficient (Wildman–Crippen LogP) is 2.25. The number of benzene rings is 1. The summed E-state index contributed by atoms with van der Waals surface area (Å²) in [4.78, 5) is 0. The van der Waals surface area contributed by atoms with Gasteiger partial charge in [0.05, 0.1) is 18.5 Å². The van der Waals surface area contributed by atoms with Gasteiger partial charge in [-0.3, -0.25) is 0 Å². The molecular formula is C13H19FN2O2. The van der Waals surface area contributed by atoms with Crippen LogP contribution in [0.2, 0.25) is 0 Å². The molecule has 18 heavy (non-hydrogen) atoms. The summed E-state index contributed by atoms with van der Waals surface area (Å²) >= 11 is 0. The largest absolute Gasteiger partial charge is 0.495 e. The normalized spacial score (nSPS) is 16.6. The van der Waals surface area contributed by atoms with Gasteiger partial charge in [0.25, 0.3) is 0 Å². The van der Waals surface area contributed by atoms with Gasteiger partial charge >= 0.3 is 0 Å². The highest BCUT2D eigenvalue weighted by atomic mass is 19.1. The highest BCUT2D eigenvalue weighted by Gasteiger charge is 2.15. The molecule has 0 unspecified atom stereocenters. The molecule has 5 heteroatoms. The first kappa shape index (κ1) is 13.0. The van der Waals surface area contributed by atoms with Crippen LogP contribution in [0.3, 0.4) is 0 Å². The second-order valence-electron chi connectivity index (χ2n) is 4.51. The van der Waals surface area contributed by atoms with Gasteiger partial charge in [0.15, 0.2) is 0 Å². The number of nitrogens with one attached hydrogen (secondary N) is 1. The molecule has 0 amide bonds. The number of anilines is 2. The van der Waals surface area contributed by atoms with Gasteiger partial charge in [-0.25, -0.2) is 4.39 Å². The van der Waals surface area contributed by atoms with Gasteiger partial charge < -0.3 is 20.5 Å². The molecule has 100 valence electrons. The van der Waals surface area contributed by atoms with Crippen LogP contribution < -0.4 is 15.8 Å². The van der Waals surface area contributed by atoms with Crippen molar-refractivity contribution in [2.24, 2.45) is 5.92 Å². The molecule has 1 aromatic carbocycles. The van der Waals surface area contributed by atoms with E-state index in [9.17, 15) is 4.39 Å². The Morgan fingerprint density at radius 3 is 2.83 bits per heavy atom. The van der Waals surface area contributed by atoms with Gasteiger partial charge in [0, 0.05) is 31.9 Å². The lowest BCUT2D eigenvalue weighted by molar-refractivity contribution is 0.0699. The summed E-state index contributed by atoms with van der Waals surface area (Å²) in [5.41, 5.74) is 6.38. The van der Waals surface area contributed by atoms with Crippen LogP contribution in [0.25, 0.3) is 0 Å². The highest BCUT2D eigenvalue weighted by molar-refractivity contribution is 5.62. The summed E-state index contributed by atoms with van der Waals surface area (Å²) in [6.07, 6.45) is 2.03. The molecule has 2 rings (SSSR count). The Morgan fingerprint density at radius 2 is 2.17 bits per heavy atom. The fraction of sp³-hybridized carbons (Fsp3) is 0.538. The van der Waals surface area contributed by atoms with Crippen molar-refractivity contribution < 1.29 is 13.9 Å². The van der Waals surface area contributed by atoms with Crippen LogP contribution in [0.1, 0.15) is 12.8 Å². The fourth-order valence-corrected chi connectivity index (χ4v) is 2.09. The van der Waals surface area contributed by atoms with Crippen LogP contribution in [-0.4, -0.2) is 26.9 Å². The van der Waals surface area contributed by atoms with Crippen molar-refractivity contribution >= 4 is 11.4 Å². The van der Waals surface area contributed by atoms with E-state index in [-0.39, 0.29) is 5.82 Å². The summed E-state index contributed by atoms with van der Waals surface area (Å²) in [7, 11) is 1.52. The van der Waals surface area contributed by atoms with E-state index in [1.165, 1.54) is 13.2 Å². The first-order valence-corrected chi connectivity index (χ1v) is 6.15. The van der Waals surface area contributed by atoms with Gasteiger partial charge in [-0.15, -0.1) is 0 Å². The van der Waals surface area contributed by atoms with Crippen LogP contribution in [0.4, 0.5) is 15.8 Å². The molecule has 0 saturated carbocycles. The van der Waals surface area contributed by atoms with Gasteiger partial charge in [-0.05, 0) is 18.8 Å². The van der Waals surface area contributed by atoms with Gasteiger partial charge in [-0.2, -0.15) is 0 Å². The molecule has 0 aliphatic carbocycles. The van der Waals surface area contributed by atoms with Crippen molar-refractivity contribution in [3.05, 3.63) is 17.9 Å². The zero-order valence-corrected chi connectivity index (χ0v) is 10.5. The minimum Gasteiger partial charge on any atom is -0.495 e. The molecule has 1 aliphatic rings. The Kier molecular flexibility index (Phi) is 4.25. The van der Waals surface area contributed by atoms with Crippen LogP contribution in [0.5, 0.6) is 5.75 Å². The Hall–Kier alpha value is -1.49. The maximum atomic E-state index is 13.7. The summed E-state index contributed by atoms with van der Waals surface area (Å²) in [6, 6.07) is 2.88. The van der Waals surface area contributed by atoms with Crippen molar-refractivity contribution in [1.29, 1.82) is 0 Å². The smallest absolute Gasteiger partial charge is 0.148 e. The van der Waals surface area contributed by atoms with E-state index >= 15 is 0 Å². The summed E-state index contributed by atoms with van der Waals surface area (Å²) in [5, 5.41) is 3.12. The maximum Gasteiger partial charge on any atom is 0.148 e. The van der Waals surface area contributed by atoms with Gasteiger partial charge in [-0.1, -0.05) is 0 Å². The van der Waals surface area contributed by atoms with E-state index in [2.05, 4.69) is 5.32 Å². The monoisotopic (exact) mass is 254 g/mol. The number of ether oxygens (including phenoxy) is 2. The number of rotatable bonds is 4. The summed E-state index contributed by atoms with van der Waals surface area (Å²) in [5.74, 6) is 0.674. The van der Waals surface area contributed by atoms with Crippen molar-refractivity contribution in [2.45, 2.75) is 12.8 Å². The topological polar surface area (TPSA) is 56.5 Å². The number of nitrogens with two attached hydrogens (primary N) is 1. The second kappa shape index (κ2) is 5.91. The summed E-state index contributed by atoms with van der Waals surface area (Å²) in [6.45, 7) is 2.33. The minimum atomic E-state index is -0.347. The van der Waals surface area contributed by atoms with E-state index in [1.807, 2.05) is 0 Å². The van der Waals surface area contributed by atoms with Crippen molar-refractivity contribution in [1.82, 2.24) is 0 Å². The minimum absolute atomic E-state index is 0.312. The van der Waals surface area contributed by atoms with Crippen molar-refractivity contribution in [3.8, 4) is 5.75 Å². The number of hydrogen-bond donors (Lipinski definition) is 2. The van der Waals surface area contributed by atoms with Crippen LogP contribution >= 0.6 is 0 Å². The standard InChI is InChI=1S/C13H19FN2O2/c1-17-13-7-12(10(14)6-11(13)15)16-8-9-2-4-18-5-3-9/h6-7,9,16H,2-5,8,15H2,1H3. The molecule has 1 aromatic rings. The average molecular weight is 254 g/mol. The first-order valence-electron chi connectivity index (χ1n) is 6.15. The zero-order chi connectivity index (χ0) is 13.0. The predicted molar refractivity (Wildman–Crippen MR) is 69.4 cm³/mol. The molecule has 1 saturated heterocycles. The van der Waals surface area contributed by atoms with E-state index in [1.54, 1.807) is 6.07 Å². The fourth-order valence-electron chi connectivity index (χ4n) is 2.09. The lowest BCUT2D eigenvalue weighted by Gasteiger charge is -2.23. The Balaban J connectivity index is 1.99. The van der Waals surface area contributed by atoms with Crippen molar-refractivity contribution in [3.63, 3.8) is 0 Å². The first-order chi connectivity index (χ1) is 8.70. The van der Waals surface area contributed by atoms with E-state index < -0.39 is 0 Å². The Bertz CT molecular complexity index is 406. The molecular weight excluding hydrogens is 235 g/mol. The quantitative estimate of drug-likeness (QED) is 0.809. The molecule has 0 spiro atoms. The van der Waals surface area contributed by atoms with Gasteiger partial charge in [0.1, 0.15) is 11.6 Å². The third kappa shape index (κ3) is 3.04. The third-order valence-corrected chi connectivity index (χ3v) is 3.24. The van der Waals surface area contributed by atoms with Crippen LogP contribution in [-0.2, 0) is 4.74 Å². The van der Waals surface area contributed by atoms with E-state index in [0.717, 1.165) is 32.6 Å². The van der Waals surface area contributed by atoms with Gasteiger partial charge in [0.2, 0.25) is 0 Å². The molecule has 0 aromatic heterocycles. The zero-order valence-electron chi connectivity index (χ0n) is 10.5. The molecule has 4 nitrogen and oxygen atoms in total. The van der Waals surface area contributed by atoms with Crippen LogP contribution in [0.15, 0.2) is 12.1 Å². The number of halogens is 1. The number of hydrogen-bond acceptors (Lipinski definition) is 4.